The molecule has 1 aliphatic heterocycles. The molecule has 1 fully saturated rings. The number of hydrogen-bond acceptors (Lipinski definition) is 4. The van der Waals surface area contributed by atoms with Gasteiger partial charge in [-0.15, -0.1) is 0 Å². The Morgan fingerprint density at radius 2 is 1.96 bits per heavy atom. The average Bonchev–Trinajstić information content (AvgIpc) is 2.61. The molecule has 1 aromatic heterocycles. The Labute approximate surface area is 141 Å². The number of H-pyrrole nitrogens is 1. The molecule has 0 saturated carbocycles. The van der Waals surface area contributed by atoms with Crippen molar-refractivity contribution in [1.29, 1.82) is 0 Å². The predicted octanol–water partition coefficient (Wildman–Crippen LogP) is 1.77. The van der Waals surface area contributed by atoms with Crippen molar-refractivity contribution in [2.24, 2.45) is 5.92 Å². The van der Waals surface area contributed by atoms with Crippen LogP contribution in [0.5, 0.6) is 0 Å². The van der Waals surface area contributed by atoms with Crippen molar-refractivity contribution in [1.82, 2.24) is 20.4 Å². The number of rotatable bonds is 5. The Morgan fingerprint density at radius 1 is 1.25 bits per heavy atom. The molecule has 0 radical (unpaired) electrons. The highest BCUT2D eigenvalue weighted by atomic mass is 16.2. The molecule has 1 saturated heterocycles. The van der Waals surface area contributed by atoms with E-state index in [-0.39, 0.29) is 17.2 Å². The minimum Gasteiger partial charge on any atom is -0.350 e. The summed E-state index contributed by atoms with van der Waals surface area (Å²) in [7, 11) is 0. The minimum atomic E-state index is -0.277. The Bertz CT molecular complexity index is 765. The van der Waals surface area contributed by atoms with Crippen LogP contribution in [0.4, 0.5) is 0 Å². The van der Waals surface area contributed by atoms with E-state index in [0.29, 0.717) is 23.2 Å². The number of nitrogens with one attached hydrogen (secondary N) is 2. The van der Waals surface area contributed by atoms with Gasteiger partial charge in [-0.1, -0.05) is 31.5 Å². The summed E-state index contributed by atoms with van der Waals surface area (Å²) in [4.78, 5) is 26.7. The Kier molecular flexibility index (Phi) is 5.25. The Hall–Kier alpha value is -2.21. The van der Waals surface area contributed by atoms with Crippen molar-refractivity contribution in [3.05, 3.63) is 40.3 Å². The summed E-state index contributed by atoms with van der Waals surface area (Å²) in [6.45, 7) is 6.06. The molecular weight excluding hydrogens is 304 g/mol. The van der Waals surface area contributed by atoms with E-state index in [1.807, 2.05) is 0 Å². The maximum atomic E-state index is 12.5. The van der Waals surface area contributed by atoms with Gasteiger partial charge >= 0.3 is 0 Å². The number of fused-ring (bicyclic) bond motifs is 1. The van der Waals surface area contributed by atoms with E-state index >= 15 is 0 Å². The summed E-state index contributed by atoms with van der Waals surface area (Å²) >= 11 is 0. The third-order valence-corrected chi connectivity index (χ3v) is 4.54. The van der Waals surface area contributed by atoms with Gasteiger partial charge in [-0.3, -0.25) is 9.59 Å². The van der Waals surface area contributed by atoms with Crippen molar-refractivity contribution in [2.45, 2.75) is 26.2 Å². The maximum Gasteiger partial charge on any atom is 0.272 e. The second kappa shape index (κ2) is 7.57. The van der Waals surface area contributed by atoms with E-state index in [0.717, 1.165) is 19.6 Å². The van der Waals surface area contributed by atoms with Crippen LogP contribution in [0.1, 0.15) is 36.7 Å². The van der Waals surface area contributed by atoms with Crippen LogP contribution in [0, 0.1) is 5.92 Å². The summed E-state index contributed by atoms with van der Waals surface area (Å²) in [5.74, 6) is 0.133. The highest BCUT2D eigenvalue weighted by Crippen LogP contribution is 2.13. The highest BCUT2D eigenvalue weighted by Gasteiger charge is 2.17. The van der Waals surface area contributed by atoms with Crippen LogP contribution in [0.25, 0.3) is 10.8 Å². The molecular formula is C18H24N4O2. The van der Waals surface area contributed by atoms with Crippen LogP contribution in [-0.4, -0.2) is 47.2 Å². The monoisotopic (exact) mass is 328 g/mol. The highest BCUT2D eigenvalue weighted by molar-refractivity contribution is 6.04. The number of likely N-dealkylation sites (tertiary alicyclic amines) is 1. The lowest BCUT2D eigenvalue weighted by Crippen LogP contribution is -2.38. The van der Waals surface area contributed by atoms with Gasteiger partial charge in [0.25, 0.3) is 11.5 Å². The molecule has 0 aliphatic carbocycles. The van der Waals surface area contributed by atoms with Crippen LogP contribution in [0.2, 0.25) is 0 Å². The van der Waals surface area contributed by atoms with Gasteiger partial charge in [-0.2, -0.15) is 5.10 Å². The number of aromatic nitrogens is 2. The zero-order chi connectivity index (χ0) is 16.9. The molecule has 6 nitrogen and oxygen atoms in total. The lowest BCUT2D eigenvalue weighted by molar-refractivity contribution is 0.0938. The fraction of sp³-hybridized carbons (Fsp3) is 0.500. The molecule has 1 aliphatic rings. The van der Waals surface area contributed by atoms with E-state index < -0.39 is 0 Å². The van der Waals surface area contributed by atoms with Gasteiger partial charge in [0.1, 0.15) is 0 Å². The largest absolute Gasteiger partial charge is 0.350 e. The van der Waals surface area contributed by atoms with Gasteiger partial charge in [0, 0.05) is 18.5 Å². The molecule has 6 heteroatoms. The van der Waals surface area contributed by atoms with Crippen LogP contribution >= 0.6 is 0 Å². The van der Waals surface area contributed by atoms with Crippen LogP contribution in [-0.2, 0) is 0 Å². The lowest BCUT2D eigenvalue weighted by Gasteiger charge is -2.29. The van der Waals surface area contributed by atoms with Gasteiger partial charge in [-0.25, -0.2) is 5.10 Å². The normalized spacial score (nSPS) is 16.9. The van der Waals surface area contributed by atoms with E-state index in [4.69, 9.17) is 0 Å². The topological polar surface area (TPSA) is 78.1 Å². The number of nitrogens with zero attached hydrogens (tertiary/aromatic N) is 2. The number of hydrogen-bond donors (Lipinski definition) is 2. The van der Waals surface area contributed by atoms with Crippen molar-refractivity contribution in [3.8, 4) is 0 Å². The van der Waals surface area contributed by atoms with Crippen molar-refractivity contribution >= 4 is 16.7 Å². The molecule has 1 atom stereocenters. The Balaban J connectivity index is 1.63. The van der Waals surface area contributed by atoms with E-state index in [9.17, 15) is 9.59 Å². The van der Waals surface area contributed by atoms with Crippen LogP contribution in [0.15, 0.2) is 29.1 Å². The summed E-state index contributed by atoms with van der Waals surface area (Å²) in [5.41, 5.74) is -0.00371. The quantitative estimate of drug-likeness (QED) is 0.877. The number of piperidine rings is 1. The molecule has 3 rings (SSSR count). The molecule has 1 amide bonds. The van der Waals surface area contributed by atoms with Crippen LogP contribution in [0.3, 0.4) is 0 Å². The molecule has 1 aromatic carbocycles. The first-order valence-corrected chi connectivity index (χ1v) is 8.63. The lowest BCUT2D eigenvalue weighted by atomic mass is 10.1. The summed E-state index contributed by atoms with van der Waals surface area (Å²) in [5, 5.41) is 10.4. The first-order valence-electron chi connectivity index (χ1n) is 8.63. The number of benzene rings is 1. The fourth-order valence-corrected chi connectivity index (χ4v) is 3.29. The molecule has 0 unspecified atom stereocenters. The standard InChI is InChI=1S/C18H24N4O2/c1-13(12-22-9-5-2-6-10-22)11-19-18(24)16-14-7-3-4-8-15(14)17(23)21-20-16/h3-4,7-8,13H,2,5-6,9-12H2,1H3,(H,19,24)(H,21,23)/t13-/m1/s1. The minimum absolute atomic E-state index is 0.243. The second-order valence-corrected chi connectivity index (χ2v) is 6.62. The SMILES string of the molecule is C[C@H](CNC(=O)c1n[nH]c(=O)c2ccccc12)CN1CCCCC1. The van der Waals surface area contributed by atoms with Gasteiger partial charge in [0.15, 0.2) is 5.69 Å². The van der Waals surface area contributed by atoms with E-state index in [1.165, 1.54) is 19.3 Å². The summed E-state index contributed by atoms with van der Waals surface area (Å²) in [6.07, 6.45) is 3.87. The summed E-state index contributed by atoms with van der Waals surface area (Å²) < 4.78 is 0. The summed E-state index contributed by atoms with van der Waals surface area (Å²) in [6, 6.07) is 7.04. The molecule has 2 N–H and O–H groups in total. The van der Waals surface area contributed by atoms with E-state index in [2.05, 4.69) is 27.3 Å². The first-order chi connectivity index (χ1) is 11.6. The molecule has 0 spiro atoms. The first kappa shape index (κ1) is 16.6. The van der Waals surface area contributed by atoms with Crippen molar-refractivity contribution in [2.75, 3.05) is 26.2 Å². The van der Waals surface area contributed by atoms with Crippen molar-refractivity contribution in [3.63, 3.8) is 0 Å². The number of carbonyl (C=O) groups is 1. The maximum absolute atomic E-state index is 12.5. The van der Waals surface area contributed by atoms with Crippen LogP contribution < -0.4 is 10.9 Å². The fourth-order valence-electron chi connectivity index (χ4n) is 3.29. The van der Waals surface area contributed by atoms with E-state index in [1.54, 1.807) is 24.3 Å². The zero-order valence-corrected chi connectivity index (χ0v) is 14.0. The van der Waals surface area contributed by atoms with Gasteiger partial charge in [0.2, 0.25) is 0 Å². The molecule has 2 aromatic rings. The number of carbonyl (C=O) groups excluding carboxylic acids is 1. The second-order valence-electron chi connectivity index (χ2n) is 6.62. The predicted molar refractivity (Wildman–Crippen MR) is 94.2 cm³/mol. The third-order valence-electron chi connectivity index (χ3n) is 4.54. The molecule has 24 heavy (non-hydrogen) atoms. The molecule has 2 heterocycles. The number of amides is 1. The molecule has 0 bridgehead atoms. The van der Waals surface area contributed by atoms with Gasteiger partial charge in [0.05, 0.1) is 5.39 Å². The van der Waals surface area contributed by atoms with Crippen molar-refractivity contribution < 1.29 is 4.79 Å². The number of aromatic amines is 1. The molecule has 128 valence electrons. The average molecular weight is 328 g/mol. The smallest absolute Gasteiger partial charge is 0.272 e. The van der Waals surface area contributed by atoms with Gasteiger partial charge in [-0.05, 0) is 37.9 Å². The third kappa shape index (κ3) is 3.82. The Morgan fingerprint density at radius 3 is 2.71 bits per heavy atom. The zero-order valence-electron chi connectivity index (χ0n) is 14.0. The van der Waals surface area contributed by atoms with Gasteiger partial charge < -0.3 is 10.2 Å².